The van der Waals surface area contributed by atoms with Crippen LogP contribution in [0.2, 0.25) is 0 Å². The maximum Gasteiger partial charge on any atom is 0.231 e. The van der Waals surface area contributed by atoms with E-state index in [0.29, 0.717) is 18.9 Å². The molecule has 5 heteroatoms. The van der Waals surface area contributed by atoms with E-state index < -0.39 is 0 Å². The Morgan fingerprint density at radius 1 is 1.39 bits per heavy atom. The highest BCUT2D eigenvalue weighted by atomic mass is 16.5. The molecule has 0 spiro atoms. The zero-order valence-corrected chi connectivity index (χ0v) is 9.87. The summed E-state index contributed by atoms with van der Waals surface area (Å²) in [4.78, 5) is 4.38. The Kier molecular flexibility index (Phi) is 2.98. The summed E-state index contributed by atoms with van der Waals surface area (Å²) in [7, 11) is 0. The minimum Gasteiger partial charge on any atom is -0.508 e. The predicted octanol–water partition coefficient (Wildman–Crippen LogP) is 1.87. The number of phenolic OH excluding ortho intramolecular Hbond substituents is 1. The summed E-state index contributed by atoms with van der Waals surface area (Å²) < 4.78 is 10.5. The van der Waals surface area contributed by atoms with Gasteiger partial charge in [0.1, 0.15) is 5.75 Å². The van der Waals surface area contributed by atoms with E-state index in [1.54, 1.807) is 18.2 Å². The lowest BCUT2D eigenvalue weighted by molar-refractivity contribution is 0.192. The minimum absolute atomic E-state index is 0.247. The Labute approximate surface area is 104 Å². The Balaban J connectivity index is 1.73. The molecule has 1 unspecified atom stereocenters. The fourth-order valence-corrected chi connectivity index (χ4v) is 2.08. The van der Waals surface area contributed by atoms with Gasteiger partial charge in [0.2, 0.25) is 5.89 Å². The third-order valence-corrected chi connectivity index (χ3v) is 3.04. The number of rotatable bonds is 3. The molecular formula is C13H14N2O3. The molecule has 1 fully saturated rings. The third-order valence-electron chi connectivity index (χ3n) is 3.04. The summed E-state index contributed by atoms with van der Waals surface area (Å²) in [6.45, 7) is 1.44. The van der Waals surface area contributed by atoms with Gasteiger partial charge in [-0.15, -0.1) is 0 Å². The van der Waals surface area contributed by atoms with Gasteiger partial charge in [0, 0.05) is 12.5 Å². The highest BCUT2D eigenvalue weighted by molar-refractivity contribution is 5.28. The van der Waals surface area contributed by atoms with Crippen LogP contribution >= 0.6 is 0 Å². The largest absolute Gasteiger partial charge is 0.508 e. The molecule has 3 rings (SSSR count). The molecule has 1 aliphatic rings. The molecule has 0 radical (unpaired) electrons. The number of benzene rings is 1. The van der Waals surface area contributed by atoms with E-state index in [9.17, 15) is 5.11 Å². The van der Waals surface area contributed by atoms with Crippen LogP contribution in [0.1, 0.15) is 29.6 Å². The molecule has 94 valence electrons. The molecule has 2 heterocycles. The van der Waals surface area contributed by atoms with Crippen molar-refractivity contribution >= 4 is 0 Å². The zero-order chi connectivity index (χ0) is 12.4. The van der Waals surface area contributed by atoms with Gasteiger partial charge in [-0.3, -0.25) is 0 Å². The Hall–Kier alpha value is -1.88. The lowest BCUT2D eigenvalue weighted by atomic mass is 10.1. The van der Waals surface area contributed by atoms with Crippen LogP contribution in [-0.2, 0) is 11.2 Å². The molecule has 1 aromatic heterocycles. The van der Waals surface area contributed by atoms with E-state index in [4.69, 9.17) is 9.26 Å². The molecule has 1 atom stereocenters. The number of hydrogen-bond acceptors (Lipinski definition) is 5. The van der Waals surface area contributed by atoms with Crippen LogP contribution in [0.15, 0.2) is 28.8 Å². The summed E-state index contributed by atoms with van der Waals surface area (Å²) in [6, 6.07) is 7.05. The van der Waals surface area contributed by atoms with Gasteiger partial charge in [-0.2, -0.15) is 4.98 Å². The summed E-state index contributed by atoms with van der Waals surface area (Å²) in [6.07, 6.45) is 1.49. The molecule has 0 saturated carbocycles. The van der Waals surface area contributed by atoms with Crippen LogP contribution in [-0.4, -0.2) is 28.5 Å². The Bertz CT molecular complexity index is 533. The van der Waals surface area contributed by atoms with Crippen molar-refractivity contribution in [1.82, 2.24) is 10.1 Å². The standard InChI is InChI=1S/C13H14N2O3/c16-11-3-1-2-9(6-11)7-12-14-13(15-18-12)10-4-5-17-8-10/h1-3,6,10,16H,4-5,7-8H2. The van der Waals surface area contributed by atoms with Crippen LogP contribution in [0.5, 0.6) is 5.75 Å². The molecule has 1 aliphatic heterocycles. The van der Waals surface area contributed by atoms with Gasteiger partial charge in [-0.1, -0.05) is 17.3 Å². The van der Waals surface area contributed by atoms with E-state index >= 15 is 0 Å². The second-order valence-corrected chi connectivity index (χ2v) is 4.45. The average Bonchev–Trinajstić information content (AvgIpc) is 2.98. The van der Waals surface area contributed by atoms with Crippen molar-refractivity contribution < 1.29 is 14.4 Å². The zero-order valence-electron chi connectivity index (χ0n) is 9.87. The van der Waals surface area contributed by atoms with Crippen molar-refractivity contribution in [2.45, 2.75) is 18.8 Å². The van der Waals surface area contributed by atoms with Gasteiger partial charge in [0.25, 0.3) is 0 Å². The summed E-state index contributed by atoms with van der Waals surface area (Å²) >= 11 is 0. The lowest BCUT2D eigenvalue weighted by Crippen LogP contribution is -2.00. The molecule has 0 bridgehead atoms. The molecule has 1 N–H and O–H groups in total. The van der Waals surface area contributed by atoms with Crippen molar-refractivity contribution in [2.75, 3.05) is 13.2 Å². The van der Waals surface area contributed by atoms with E-state index in [1.165, 1.54) is 0 Å². The van der Waals surface area contributed by atoms with Gasteiger partial charge in [-0.25, -0.2) is 0 Å². The van der Waals surface area contributed by atoms with Crippen LogP contribution in [0, 0.1) is 0 Å². The fraction of sp³-hybridized carbons (Fsp3) is 0.385. The predicted molar refractivity (Wildman–Crippen MR) is 63.4 cm³/mol. The number of nitrogens with zero attached hydrogens (tertiary/aromatic N) is 2. The van der Waals surface area contributed by atoms with Crippen molar-refractivity contribution in [3.63, 3.8) is 0 Å². The van der Waals surface area contributed by atoms with Crippen LogP contribution < -0.4 is 0 Å². The van der Waals surface area contributed by atoms with E-state index in [2.05, 4.69) is 10.1 Å². The van der Waals surface area contributed by atoms with Crippen molar-refractivity contribution in [3.05, 3.63) is 41.5 Å². The molecule has 0 amide bonds. The molecular weight excluding hydrogens is 232 g/mol. The van der Waals surface area contributed by atoms with Gasteiger partial charge < -0.3 is 14.4 Å². The highest BCUT2D eigenvalue weighted by Crippen LogP contribution is 2.23. The van der Waals surface area contributed by atoms with E-state index in [0.717, 1.165) is 24.4 Å². The van der Waals surface area contributed by atoms with E-state index in [1.807, 2.05) is 6.07 Å². The third kappa shape index (κ3) is 2.36. The minimum atomic E-state index is 0.247. The molecule has 1 saturated heterocycles. The highest BCUT2D eigenvalue weighted by Gasteiger charge is 2.23. The number of aromatic hydroxyl groups is 1. The molecule has 18 heavy (non-hydrogen) atoms. The smallest absolute Gasteiger partial charge is 0.231 e. The maximum atomic E-state index is 9.39. The van der Waals surface area contributed by atoms with Gasteiger partial charge >= 0.3 is 0 Å². The maximum absolute atomic E-state index is 9.39. The second kappa shape index (κ2) is 4.78. The molecule has 5 nitrogen and oxygen atoms in total. The van der Waals surface area contributed by atoms with Crippen LogP contribution in [0.3, 0.4) is 0 Å². The first kappa shape index (κ1) is 11.2. The van der Waals surface area contributed by atoms with Crippen molar-refractivity contribution in [2.24, 2.45) is 0 Å². The summed E-state index contributed by atoms with van der Waals surface area (Å²) in [5.41, 5.74) is 0.952. The van der Waals surface area contributed by atoms with Crippen molar-refractivity contribution in [3.8, 4) is 5.75 Å². The van der Waals surface area contributed by atoms with Crippen LogP contribution in [0.4, 0.5) is 0 Å². The SMILES string of the molecule is Oc1cccc(Cc2nc(C3CCOC3)no2)c1. The average molecular weight is 246 g/mol. The monoisotopic (exact) mass is 246 g/mol. The van der Waals surface area contributed by atoms with Gasteiger partial charge in [0.05, 0.1) is 13.0 Å². The number of hydrogen-bond donors (Lipinski definition) is 1. The number of phenols is 1. The summed E-state index contributed by atoms with van der Waals surface area (Å²) in [5, 5.41) is 13.4. The molecule has 2 aromatic rings. The molecule has 0 aliphatic carbocycles. The van der Waals surface area contributed by atoms with E-state index in [-0.39, 0.29) is 11.7 Å². The summed E-state index contributed by atoms with van der Waals surface area (Å²) in [5.74, 6) is 1.80. The lowest BCUT2D eigenvalue weighted by Gasteiger charge is -1.98. The first-order valence-electron chi connectivity index (χ1n) is 5.99. The normalized spacial score (nSPS) is 19.2. The second-order valence-electron chi connectivity index (χ2n) is 4.45. The van der Waals surface area contributed by atoms with Crippen LogP contribution in [0.25, 0.3) is 0 Å². The Morgan fingerprint density at radius 2 is 2.33 bits per heavy atom. The molecule has 1 aromatic carbocycles. The Morgan fingerprint density at radius 3 is 3.11 bits per heavy atom. The van der Waals surface area contributed by atoms with Gasteiger partial charge in [0.15, 0.2) is 5.82 Å². The van der Waals surface area contributed by atoms with Crippen molar-refractivity contribution in [1.29, 1.82) is 0 Å². The topological polar surface area (TPSA) is 68.4 Å². The quantitative estimate of drug-likeness (QED) is 0.895. The first-order chi connectivity index (χ1) is 8.81. The first-order valence-corrected chi connectivity index (χ1v) is 5.99. The number of aromatic nitrogens is 2. The fourth-order valence-electron chi connectivity index (χ4n) is 2.08. The number of ether oxygens (including phenoxy) is 1. The van der Waals surface area contributed by atoms with Gasteiger partial charge in [-0.05, 0) is 24.1 Å².